The van der Waals surface area contributed by atoms with Crippen molar-refractivity contribution < 1.29 is 104 Å². The summed E-state index contributed by atoms with van der Waals surface area (Å²) in [5.74, 6) is -0.0989. The average Bonchev–Trinajstić information content (AvgIpc) is 1.64. The molecule has 506 valence electrons. The van der Waals surface area contributed by atoms with Crippen LogP contribution in [0, 0.1) is 27.7 Å². The molecule has 0 unspecified atom stereocenters. The van der Waals surface area contributed by atoms with E-state index in [0.717, 1.165) is 48.1 Å². The van der Waals surface area contributed by atoms with E-state index in [0.29, 0.717) is 30.1 Å². The van der Waals surface area contributed by atoms with Gasteiger partial charge in [-0.1, -0.05) is 7.43 Å². The molecule has 8 aromatic rings. The number of ketones is 1. The van der Waals surface area contributed by atoms with Crippen molar-refractivity contribution in [3.63, 3.8) is 0 Å². The highest BCUT2D eigenvalue weighted by molar-refractivity contribution is 7.16. The number of phenolic OH excluding ortho intramolecular Hbond substituents is 2. The van der Waals surface area contributed by atoms with Gasteiger partial charge in [-0.3, -0.25) is 14.4 Å². The van der Waals surface area contributed by atoms with E-state index in [2.05, 4.69) is 64.1 Å². The number of carboxylic acids is 2. The number of benzene rings is 4. The number of Topliss-reactive ketones (excluding diaryl/α,β-unsaturated/α-hetero) is 1. The number of halogens is 12. The van der Waals surface area contributed by atoms with Crippen LogP contribution in [-0.4, -0.2) is 51.2 Å². The van der Waals surface area contributed by atoms with Gasteiger partial charge in [0.05, 0.1) is 7.11 Å². The summed E-state index contributed by atoms with van der Waals surface area (Å²) < 4.78 is 107. The van der Waals surface area contributed by atoms with Crippen LogP contribution in [0.2, 0.25) is 0 Å². The van der Waals surface area contributed by atoms with E-state index in [1.165, 1.54) is 109 Å². The molecule has 4 aromatic carbocycles. The normalized spacial score (nSPS) is 11.5. The Kier molecular flexibility index (Phi) is 39.5. The van der Waals surface area contributed by atoms with Gasteiger partial charge >= 0.3 is 17.9 Å². The standard InChI is InChI=1S/C34H34O4S2.C27H24O2S2.C5H8O4.CH4.6F2/c1-21(35)7-5-10-34(36)38-27-17-13-25(14-18-27)33-20-31(23(3)40-33)29-9-6-8-28(29)30-19-32(39-22(30)2)24-11-15-26(37-4)16-12-24;1-16-24(14-26(30-16)18-6-10-20(28)11-7-18)22-4-3-5-23(22)25-15-27(31-17(25)2)19-8-12-21(29)13-9-19;6-4(7)2-1-3-5(8)9;;6*1-2/h11-20H,5-10H2,1-4H3;6-15,28-29H,3-5H2,1-2H3;1-3H2,(H,6,7)(H,8,9);1H4;;;;;;. The summed E-state index contributed by atoms with van der Waals surface area (Å²) in [5.41, 5.74) is 16.0. The monoisotopic (exact) mass is 1390 g/mol. The van der Waals surface area contributed by atoms with E-state index >= 15 is 0 Å². The number of methoxy groups -OCH3 is 1. The number of rotatable bonds is 18. The molecule has 10 nitrogen and oxygen atoms in total. The van der Waals surface area contributed by atoms with Crippen LogP contribution in [-0.2, 0) is 19.2 Å². The van der Waals surface area contributed by atoms with Gasteiger partial charge < -0.3 is 34.7 Å². The lowest BCUT2D eigenvalue weighted by Crippen LogP contribution is -2.08. The van der Waals surface area contributed by atoms with Crippen molar-refractivity contribution in [2.24, 2.45) is 0 Å². The van der Waals surface area contributed by atoms with Crippen molar-refractivity contribution in [1.29, 1.82) is 0 Å². The molecule has 4 aromatic heterocycles. The predicted molar refractivity (Wildman–Crippen MR) is 348 cm³/mol. The molecule has 0 radical (unpaired) electrons. The lowest BCUT2D eigenvalue weighted by Gasteiger charge is -2.07. The van der Waals surface area contributed by atoms with Crippen molar-refractivity contribution in [3.8, 4) is 64.8 Å². The Hall–Kier alpha value is -8.20. The molecule has 0 amide bonds. The highest BCUT2D eigenvalue weighted by atomic mass is 32.1. The average molecular weight is 1390 g/mol. The molecular formula is C67H70F12O10S4. The molecule has 0 fully saturated rings. The predicted octanol–water partition coefficient (Wildman–Crippen LogP) is 23.8. The Morgan fingerprint density at radius 2 is 0.667 bits per heavy atom. The van der Waals surface area contributed by atoms with Crippen LogP contribution < -0.4 is 9.47 Å². The first-order chi connectivity index (χ1) is 44.4. The third kappa shape index (κ3) is 25.0. The van der Waals surface area contributed by atoms with Gasteiger partial charge in [0.2, 0.25) is 0 Å². The van der Waals surface area contributed by atoms with Crippen LogP contribution in [0.4, 0.5) is 54.9 Å². The number of esters is 1. The second-order valence-corrected chi connectivity index (χ2v) is 25.0. The maximum Gasteiger partial charge on any atom is 0.311 e. The number of carboxylic acid groups (broad SMARTS) is 2. The van der Waals surface area contributed by atoms with E-state index < -0.39 is 11.9 Å². The fraction of sp³-hybridized carbons (Fsp3) is 0.284. The lowest BCUT2D eigenvalue weighted by atomic mass is 9.96. The SMILES string of the molecule is C.COc1ccc(-c2cc(C3=C(c4cc(-c5ccc(OC(=O)CCCC(C)=O)cc5)sc4C)CCC3)c(C)s2)cc1.Cc1sc(-c2ccc(O)cc2)cc1C1=C(c2cc(-c3ccc(O)cc3)sc2C)CCC1.FF.FF.FF.FF.FF.FF.O=C(O)CCCC(=O)O. The summed E-state index contributed by atoms with van der Waals surface area (Å²) in [6.45, 7) is 10.4. The number of carbonyl (C=O) groups is 4. The van der Waals surface area contributed by atoms with Gasteiger partial charge in [0.25, 0.3) is 0 Å². The summed E-state index contributed by atoms with van der Waals surface area (Å²) in [6, 6.07) is 40.4. The highest BCUT2D eigenvalue weighted by Gasteiger charge is 2.26. The molecular weight excluding hydrogens is 1320 g/mol. The van der Waals surface area contributed by atoms with Crippen LogP contribution in [0.25, 0.3) is 64.1 Å². The zero-order chi connectivity index (χ0) is 69.0. The van der Waals surface area contributed by atoms with Gasteiger partial charge in [0, 0.05) is 120 Å². The second kappa shape index (κ2) is 44.4. The van der Waals surface area contributed by atoms with Gasteiger partial charge in [-0.2, -0.15) is 0 Å². The molecule has 0 spiro atoms. The first-order valence-electron chi connectivity index (χ1n) is 27.6. The molecule has 26 heteroatoms. The quantitative estimate of drug-likeness (QED) is 0.0369. The van der Waals surface area contributed by atoms with Gasteiger partial charge in [-0.25, -0.2) is 0 Å². The van der Waals surface area contributed by atoms with Gasteiger partial charge in [-0.05, 0) is 274 Å². The number of thiophene rings is 4. The van der Waals surface area contributed by atoms with Crippen LogP contribution in [0.5, 0.6) is 23.0 Å². The lowest BCUT2D eigenvalue weighted by molar-refractivity contribution is -0.139. The number of ether oxygens (including phenoxy) is 2. The summed E-state index contributed by atoms with van der Waals surface area (Å²) in [7, 11) is 1.70. The summed E-state index contributed by atoms with van der Waals surface area (Å²) in [6.07, 6.45) is 8.06. The number of aliphatic carboxylic acids is 2. The zero-order valence-electron chi connectivity index (χ0n) is 50.4. The summed E-state index contributed by atoms with van der Waals surface area (Å²) >= 11 is 7.33. The number of aromatic hydroxyl groups is 2. The highest BCUT2D eigenvalue weighted by Crippen LogP contribution is 2.49. The molecule has 93 heavy (non-hydrogen) atoms. The molecule has 2 aliphatic carbocycles. The molecule has 2 aliphatic rings. The number of hydrogen-bond acceptors (Lipinski definition) is 12. The van der Waals surface area contributed by atoms with Crippen LogP contribution in [0.3, 0.4) is 0 Å². The van der Waals surface area contributed by atoms with Gasteiger partial charge in [-0.15, -0.1) is 45.3 Å². The van der Waals surface area contributed by atoms with E-state index in [4.69, 9.17) is 74.6 Å². The molecule has 0 aliphatic heterocycles. The fourth-order valence-corrected chi connectivity index (χ4v) is 14.3. The second-order valence-electron chi connectivity index (χ2n) is 20.0. The maximum absolute atomic E-state index is 12.1. The third-order valence-electron chi connectivity index (χ3n) is 14.1. The molecule has 0 saturated carbocycles. The molecule has 4 heterocycles. The molecule has 0 saturated heterocycles. The molecule has 0 bridgehead atoms. The Balaban J connectivity index is 0.000000723. The Bertz CT molecular complexity index is 3490. The number of allylic oxidation sites excluding steroid dienone is 4. The number of aryl methyl sites for hydroxylation is 4. The first kappa shape index (κ1) is 82.8. The number of carbonyl (C=O) groups excluding carboxylic acids is 2. The molecule has 4 N–H and O–H groups in total. The largest absolute Gasteiger partial charge is 0.508 e. The summed E-state index contributed by atoms with van der Waals surface area (Å²) in [5, 5.41) is 35.3. The van der Waals surface area contributed by atoms with Crippen molar-refractivity contribution in [1.82, 2.24) is 0 Å². The van der Waals surface area contributed by atoms with Gasteiger partial charge in [0.1, 0.15) is 28.8 Å². The van der Waals surface area contributed by atoms with Crippen molar-refractivity contribution >= 4 is 91.3 Å². The number of hydrogen-bond donors (Lipinski definition) is 4. The summed E-state index contributed by atoms with van der Waals surface area (Å²) in [4.78, 5) is 53.1. The van der Waals surface area contributed by atoms with Gasteiger partial charge in [0.15, 0.2) is 0 Å². The Labute approximate surface area is 546 Å². The maximum atomic E-state index is 12.1. The minimum absolute atomic E-state index is 0. The van der Waals surface area contributed by atoms with Crippen molar-refractivity contribution in [2.75, 3.05) is 7.11 Å². The van der Waals surface area contributed by atoms with Crippen LogP contribution in [0.15, 0.2) is 121 Å². The third-order valence-corrected chi connectivity index (χ3v) is 18.5. The van der Waals surface area contributed by atoms with E-state index in [1.54, 1.807) is 31.4 Å². The Morgan fingerprint density at radius 3 is 0.925 bits per heavy atom. The van der Waals surface area contributed by atoms with Crippen molar-refractivity contribution in [2.45, 2.75) is 119 Å². The van der Waals surface area contributed by atoms with Crippen LogP contribution >= 0.6 is 45.3 Å². The topological polar surface area (TPSA) is 168 Å². The number of phenols is 2. The minimum atomic E-state index is -0.948. The Morgan fingerprint density at radius 1 is 0.409 bits per heavy atom. The zero-order valence-corrected chi connectivity index (χ0v) is 53.7. The minimum Gasteiger partial charge on any atom is -0.508 e. The first-order valence-corrected chi connectivity index (χ1v) is 30.9. The molecule has 10 rings (SSSR count). The van der Waals surface area contributed by atoms with Crippen molar-refractivity contribution in [3.05, 3.63) is 163 Å². The smallest absolute Gasteiger partial charge is 0.311 e. The van der Waals surface area contributed by atoms with E-state index in [1.807, 2.05) is 106 Å². The fourth-order valence-electron chi connectivity index (χ4n) is 10.1. The molecule has 0 atom stereocenters. The van der Waals surface area contributed by atoms with Crippen LogP contribution in [0.1, 0.15) is 133 Å². The van der Waals surface area contributed by atoms with E-state index in [9.17, 15) is 29.4 Å². The van der Waals surface area contributed by atoms with E-state index in [-0.39, 0.29) is 44.9 Å².